The summed E-state index contributed by atoms with van der Waals surface area (Å²) in [5.41, 5.74) is 2.88. The number of hydrogen-bond donors (Lipinski definition) is 2. The molecule has 0 aliphatic carbocycles. The number of aryl methyl sites for hydroxylation is 2. The van der Waals surface area contributed by atoms with Crippen LogP contribution in [0, 0.1) is 13.8 Å². The molecule has 1 saturated heterocycles. The molecule has 1 fully saturated rings. The lowest BCUT2D eigenvalue weighted by molar-refractivity contribution is -0.117. The van der Waals surface area contributed by atoms with Crippen LogP contribution in [-0.4, -0.2) is 29.5 Å². The highest BCUT2D eigenvalue weighted by atomic mass is 32.1. The highest BCUT2D eigenvalue weighted by Crippen LogP contribution is 2.22. The number of nitrogens with zero attached hydrogens (tertiary/aromatic N) is 2. The number of carbonyl (C=O) groups is 2. The average molecular weight is 330 g/mol. The highest BCUT2D eigenvalue weighted by molar-refractivity contribution is 7.13. The molecule has 6 nitrogen and oxygen atoms in total. The molecule has 0 spiro atoms. The van der Waals surface area contributed by atoms with Gasteiger partial charge in [-0.15, -0.1) is 11.3 Å². The lowest BCUT2D eigenvalue weighted by atomic mass is 10.2. The van der Waals surface area contributed by atoms with E-state index in [1.807, 2.05) is 43.5 Å². The lowest BCUT2D eigenvalue weighted by Crippen LogP contribution is -2.39. The van der Waals surface area contributed by atoms with Crippen LogP contribution >= 0.6 is 11.3 Å². The van der Waals surface area contributed by atoms with E-state index in [1.54, 1.807) is 4.90 Å². The van der Waals surface area contributed by atoms with E-state index in [4.69, 9.17) is 0 Å². The molecule has 23 heavy (non-hydrogen) atoms. The van der Waals surface area contributed by atoms with Crippen LogP contribution in [0.1, 0.15) is 17.7 Å². The number of nitrogens with one attached hydrogen (secondary N) is 2. The number of aromatic nitrogens is 1. The predicted octanol–water partition coefficient (Wildman–Crippen LogP) is 2.69. The second kappa shape index (κ2) is 6.37. The zero-order valence-corrected chi connectivity index (χ0v) is 13.8. The van der Waals surface area contributed by atoms with Crippen LogP contribution in [0.2, 0.25) is 0 Å². The van der Waals surface area contributed by atoms with E-state index in [0.29, 0.717) is 18.1 Å². The molecule has 2 aromatic rings. The minimum absolute atomic E-state index is 0.0178. The Labute approximate surface area is 138 Å². The third-order valence-electron chi connectivity index (χ3n) is 3.65. The predicted molar refractivity (Wildman–Crippen MR) is 90.9 cm³/mol. The summed E-state index contributed by atoms with van der Waals surface area (Å²) < 4.78 is 0. The van der Waals surface area contributed by atoms with E-state index in [-0.39, 0.29) is 18.0 Å². The Morgan fingerprint density at radius 2 is 2.04 bits per heavy atom. The molecular weight excluding hydrogens is 312 g/mol. The monoisotopic (exact) mass is 330 g/mol. The Morgan fingerprint density at radius 1 is 1.30 bits per heavy atom. The maximum atomic E-state index is 12.2. The minimum Gasteiger partial charge on any atom is -0.333 e. The zero-order chi connectivity index (χ0) is 16.4. The van der Waals surface area contributed by atoms with Gasteiger partial charge in [-0.25, -0.2) is 9.78 Å². The number of hydrogen-bond acceptors (Lipinski definition) is 4. The van der Waals surface area contributed by atoms with Gasteiger partial charge < -0.3 is 10.2 Å². The second-order valence-electron chi connectivity index (χ2n) is 5.63. The molecule has 1 aliphatic heterocycles. The standard InChI is InChI=1S/C16H18N4O2S/c1-10-3-5-13(6-4-10)20-8-12(7-14(20)21)18-15(22)19-16-17-11(2)9-23-16/h3-6,9,12H,7-8H2,1-2H3,(H2,17,18,19,22). The number of thiazole rings is 1. The summed E-state index contributed by atoms with van der Waals surface area (Å²) in [6.07, 6.45) is 0.304. The molecule has 0 bridgehead atoms. The molecule has 1 aliphatic rings. The van der Waals surface area contributed by atoms with Crippen LogP contribution in [0.15, 0.2) is 29.6 Å². The van der Waals surface area contributed by atoms with Gasteiger partial charge in [-0.3, -0.25) is 10.1 Å². The summed E-state index contributed by atoms with van der Waals surface area (Å²) in [5, 5.41) is 7.95. The third kappa shape index (κ3) is 3.68. The molecule has 7 heteroatoms. The highest BCUT2D eigenvalue weighted by Gasteiger charge is 2.31. The van der Waals surface area contributed by atoms with E-state index in [0.717, 1.165) is 16.9 Å². The zero-order valence-electron chi connectivity index (χ0n) is 13.0. The first-order valence-corrected chi connectivity index (χ1v) is 8.26. The summed E-state index contributed by atoms with van der Waals surface area (Å²) in [5.74, 6) is 0.0178. The van der Waals surface area contributed by atoms with Gasteiger partial charge in [0.05, 0.1) is 11.7 Å². The van der Waals surface area contributed by atoms with Crippen molar-refractivity contribution in [3.63, 3.8) is 0 Å². The van der Waals surface area contributed by atoms with Crippen LogP contribution in [0.5, 0.6) is 0 Å². The van der Waals surface area contributed by atoms with Crippen molar-refractivity contribution in [3.05, 3.63) is 40.9 Å². The molecule has 3 amide bonds. The smallest absolute Gasteiger partial charge is 0.321 e. The van der Waals surface area contributed by atoms with Gasteiger partial charge in [0, 0.05) is 24.0 Å². The lowest BCUT2D eigenvalue weighted by Gasteiger charge is -2.17. The van der Waals surface area contributed by atoms with Crippen molar-refractivity contribution in [1.82, 2.24) is 10.3 Å². The first kappa shape index (κ1) is 15.5. The van der Waals surface area contributed by atoms with Crippen molar-refractivity contribution >= 4 is 34.1 Å². The number of benzene rings is 1. The summed E-state index contributed by atoms with van der Waals surface area (Å²) in [7, 11) is 0. The molecule has 2 N–H and O–H groups in total. The van der Waals surface area contributed by atoms with Gasteiger partial charge in [0.15, 0.2) is 5.13 Å². The maximum Gasteiger partial charge on any atom is 0.321 e. The number of urea groups is 1. The molecule has 1 aromatic heterocycles. The molecule has 2 heterocycles. The Kier molecular flexibility index (Phi) is 4.29. The maximum absolute atomic E-state index is 12.2. The molecule has 0 saturated carbocycles. The van der Waals surface area contributed by atoms with Gasteiger partial charge in [0.1, 0.15) is 0 Å². The summed E-state index contributed by atoms with van der Waals surface area (Å²) in [6, 6.07) is 7.26. The first-order chi connectivity index (χ1) is 11.0. The van der Waals surface area contributed by atoms with Crippen molar-refractivity contribution in [2.75, 3.05) is 16.8 Å². The Balaban J connectivity index is 1.59. The fraction of sp³-hybridized carbons (Fsp3) is 0.312. The Morgan fingerprint density at radius 3 is 2.70 bits per heavy atom. The van der Waals surface area contributed by atoms with E-state index in [9.17, 15) is 9.59 Å². The normalized spacial score (nSPS) is 17.4. The molecule has 1 aromatic carbocycles. The molecule has 1 atom stereocenters. The van der Waals surface area contributed by atoms with E-state index in [2.05, 4.69) is 15.6 Å². The molecule has 1 unspecified atom stereocenters. The van der Waals surface area contributed by atoms with Gasteiger partial charge >= 0.3 is 6.03 Å². The van der Waals surface area contributed by atoms with Gasteiger partial charge in [-0.2, -0.15) is 0 Å². The van der Waals surface area contributed by atoms with E-state index >= 15 is 0 Å². The van der Waals surface area contributed by atoms with Crippen LogP contribution in [0.3, 0.4) is 0 Å². The number of anilines is 2. The van der Waals surface area contributed by atoms with Crippen molar-refractivity contribution in [2.45, 2.75) is 26.3 Å². The fourth-order valence-electron chi connectivity index (χ4n) is 2.51. The SMILES string of the molecule is Cc1ccc(N2CC(NC(=O)Nc3nc(C)cs3)CC2=O)cc1. The summed E-state index contributed by atoms with van der Waals surface area (Å²) in [4.78, 5) is 30.0. The summed E-state index contributed by atoms with van der Waals surface area (Å²) in [6.45, 7) is 4.35. The fourth-order valence-corrected chi connectivity index (χ4v) is 3.19. The van der Waals surface area contributed by atoms with Gasteiger partial charge in [0.2, 0.25) is 5.91 Å². The van der Waals surface area contributed by atoms with Crippen LogP contribution in [0.25, 0.3) is 0 Å². The molecule has 3 rings (SSSR count). The van der Waals surface area contributed by atoms with E-state index in [1.165, 1.54) is 11.3 Å². The van der Waals surface area contributed by atoms with Crippen molar-refractivity contribution in [2.24, 2.45) is 0 Å². The topological polar surface area (TPSA) is 74.3 Å². The first-order valence-electron chi connectivity index (χ1n) is 7.38. The average Bonchev–Trinajstić information content (AvgIpc) is 3.06. The largest absolute Gasteiger partial charge is 0.333 e. The van der Waals surface area contributed by atoms with Crippen molar-refractivity contribution in [3.8, 4) is 0 Å². The summed E-state index contributed by atoms with van der Waals surface area (Å²) >= 11 is 1.37. The Hall–Kier alpha value is -2.41. The third-order valence-corrected chi connectivity index (χ3v) is 4.52. The van der Waals surface area contributed by atoms with E-state index < -0.39 is 0 Å². The minimum atomic E-state index is -0.331. The van der Waals surface area contributed by atoms with Crippen LogP contribution < -0.4 is 15.5 Å². The van der Waals surface area contributed by atoms with Gasteiger partial charge in [-0.05, 0) is 26.0 Å². The van der Waals surface area contributed by atoms with Crippen LogP contribution in [-0.2, 0) is 4.79 Å². The van der Waals surface area contributed by atoms with Crippen molar-refractivity contribution < 1.29 is 9.59 Å². The van der Waals surface area contributed by atoms with Gasteiger partial charge in [-0.1, -0.05) is 17.7 Å². The molecular formula is C16H18N4O2S. The quantitative estimate of drug-likeness (QED) is 0.908. The van der Waals surface area contributed by atoms with Crippen LogP contribution in [0.4, 0.5) is 15.6 Å². The second-order valence-corrected chi connectivity index (χ2v) is 6.49. The van der Waals surface area contributed by atoms with Crippen molar-refractivity contribution in [1.29, 1.82) is 0 Å². The molecule has 120 valence electrons. The number of amides is 3. The Bertz CT molecular complexity index is 726. The molecule has 0 radical (unpaired) electrons. The number of carbonyl (C=O) groups excluding carboxylic acids is 2. The number of rotatable bonds is 3. The van der Waals surface area contributed by atoms with Gasteiger partial charge in [0.25, 0.3) is 0 Å².